The van der Waals surface area contributed by atoms with Gasteiger partial charge in [0, 0.05) is 7.12 Å². The minimum absolute atomic E-state index is 0.349. The van der Waals surface area contributed by atoms with E-state index in [9.17, 15) is 5.11 Å². The monoisotopic (exact) mass is 376 g/mol. The first kappa shape index (κ1) is 18.4. The zero-order valence-electron chi connectivity index (χ0n) is 12.4. The van der Waals surface area contributed by atoms with Crippen LogP contribution in [0, 0.1) is 0 Å². The number of benzene rings is 3. The molecule has 0 bridgehead atoms. The highest BCUT2D eigenvalue weighted by atomic mass is 32.7. The predicted octanol–water partition coefficient (Wildman–Crippen LogP) is 5.24. The molecule has 0 aromatic heterocycles. The number of para-hydroxylation sites is 1. The van der Waals surface area contributed by atoms with Crippen LogP contribution in [0.5, 0.6) is 5.75 Å². The molecule has 0 aliphatic carbocycles. The Kier molecular flexibility index (Phi) is 7.99. The van der Waals surface area contributed by atoms with Gasteiger partial charge in [0.05, 0.1) is 4.90 Å². The maximum absolute atomic E-state index is 10.0. The molecule has 0 saturated carbocycles. The van der Waals surface area contributed by atoms with E-state index in [0.29, 0.717) is 5.75 Å². The van der Waals surface area contributed by atoms with E-state index in [2.05, 4.69) is 69.2 Å². The predicted molar refractivity (Wildman–Crippen MR) is 112 cm³/mol. The number of rotatable bonds is 4. The summed E-state index contributed by atoms with van der Waals surface area (Å²) in [6.45, 7) is 0. The van der Waals surface area contributed by atoms with Gasteiger partial charge in [-0.05, 0) is 22.7 Å². The lowest BCUT2D eigenvalue weighted by Gasteiger charge is -2.18. The Morgan fingerprint density at radius 1 is 0.696 bits per heavy atom. The Balaban J connectivity index is 0.000000924. The van der Waals surface area contributed by atoms with Crippen molar-refractivity contribution in [2.24, 2.45) is 0 Å². The van der Waals surface area contributed by atoms with Crippen molar-refractivity contribution in [3.8, 4) is 5.75 Å². The molecule has 0 heterocycles. The number of hydrogen-bond acceptors (Lipinski definition) is 3. The Labute approximate surface area is 150 Å². The summed E-state index contributed by atoms with van der Waals surface area (Å²) in [6, 6.07) is 28.5. The minimum Gasteiger partial charge on any atom is -0.507 e. The van der Waals surface area contributed by atoms with Crippen LogP contribution < -0.4 is 10.6 Å². The van der Waals surface area contributed by atoms with E-state index in [-0.39, 0.29) is 0 Å². The summed E-state index contributed by atoms with van der Waals surface area (Å²) in [5.74, 6) is 0.349. The molecule has 0 spiro atoms. The van der Waals surface area contributed by atoms with Gasteiger partial charge >= 0.3 is 0 Å². The number of phenols is 1. The van der Waals surface area contributed by atoms with Gasteiger partial charge in [-0.15, -0.1) is 0 Å². The molecule has 1 nitrogen and oxygen atoms in total. The highest BCUT2D eigenvalue weighted by Gasteiger charge is 2.16. The molecule has 1 atom stereocenters. The maximum Gasteiger partial charge on any atom is 0.129 e. The lowest BCUT2D eigenvalue weighted by molar-refractivity contribution is 0.462. The topological polar surface area (TPSA) is 20.2 Å². The number of phenolic OH excluding ortho intramolecular Hbond substituents is 1. The fourth-order valence-corrected chi connectivity index (χ4v) is 6.32. The standard InChI is InChI=1S/C18H15OPS.H3PS/c19-17-13-7-8-14-18(17)21-20(15-9-3-1-4-10-15)16-11-5-2-6-12-16;1-2/h1-14,19H;2H,1H2. The SMILES string of the molecule is Oc1ccccc1SP(c1ccccc1)c1ccccc1.PS. The second-order valence-corrected chi connectivity index (χ2v) is 8.41. The average Bonchev–Trinajstić information content (AvgIpc) is 2.64. The van der Waals surface area contributed by atoms with Crippen LogP contribution in [0.25, 0.3) is 0 Å². The summed E-state index contributed by atoms with van der Waals surface area (Å²) in [5.41, 5.74) is 0. The van der Waals surface area contributed by atoms with E-state index in [0.717, 1.165) is 4.90 Å². The first-order valence-corrected chi connectivity index (χ1v) is 11.8. The molecule has 0 amide bonds. The quantitative estimate of drug-likeness (QED) is 0.480. The first-order valence-electron chi connectivity index (χ1n) is 6.96. The molecular formula is C18H18OP2S2. The van der Waals surface area contributed by atoms with E-state index < -0.39 is 7.12 Å². The molecule has 0 aliphatic rings. The third-order valence-electron chi connectivity index (χ3n) is 3.04. The largest absolute Gasteiger partial charge is 0.507 e. The van der Waals surface area contributed by atoms with Gasteiger partial charge in [-0.2, -0.15) is 12.2 Å². The number of hydrogen-bond donors (Lipinski definition) is 2. The van der Waals surface area contributed by atoms with E-state index in [4.69, 9.17) is 0 Å². The molecule has 118 valence electrons. The van der Waals surface area contributed by atoms with Crippen LogP contribution in [0.2, 0.25) is 0 Å². The van der Waals surface area contributed by atoms with Gasteiger partial charge in [0.1, 0.15) is 5.75 Å². The molecule has 0 saturated heterocycles. The number of aromatic hydroxyl groups is 1. The Morgan fingerprint density at radius 3 is 1.61 bits per heavy atom. The Morgan fingerprint density at radius 2 is 1.13 bits per heavy atom. The van der Waals surface area contributed by atoms with E-state index in [1.165, 1.54) is 10.6 Å². The Hall–Kier alpha value is -0.980. The fraction of sp³-hybridized carbons (Fsp3) is 0. The van der Waals surface area contributed by atoms with Gasteiger partial charge in [0.15, 0.2) is 0 Å². The molecule has 23 heavy (non-hydrogen) atoms. The van der Waals surface area contributed by atoms with Crippen LogP contribution in [0.15, 0.2) is 89.8 Å². The van der Waals surface area contributed by atoms with E-state index in [1.807, 2.05) is 30.3 Å². The summed E-state index contributed by atoms with van der Waals surface area (Å²) < 4.78 is 0. The van der Waals surface area contributed by atoms with Crippen LogP contribution in [0.1, 0.15) is 0 Å². The molecule has 0 fully saturated rings. The van der Waals surface area contributed by atoms with Crippen LogP contribution in [-0.2, 0) is 0 Å². The third kappa shape index (κ3) is 5.26. The summed E-state index contributed by atoms with van der Waals surface area (Å²) in [7, 11) is 1.52. The van der Waals surface area contributed by atoms with Crippen molar-refractivity contribution >= 4 is 49.8 Å². The zero-order chi connectivity index (χ0) is 16.5. The van der Waals surface area contributed by atoms with Crippen LogP contribution in [-0.4, -0.2) is 5.11 Å². The van der Waals surface area contributed by atoms with Crippen LogP contribution in [0.3, 0.4) is 0 Å². The second-order valence-electron chi connectivity index (χ2n) is 4.52. The van der Waals surface area contributed by atoms with Gasteiger partial charge in [0.25, 0.3) is 0 Å². The van der Waals surface area contributed by atoms with Crippen molar-refractivity contribution in [2.45, 2.75) is 4.90 Å². The normalized spacial score (nSPS) is 10.0. The molecule has 5 heteroatoms. The maximum atomic E-state index is 10.0. The zero-order valence-corrected chi connectivity index (χ0v) is 16.2. The van der Waals surface area contributed by atoms with Crippen molar-refractivity contribution in [3.05, 3.63) is 84.9 Å². The van der Waals surface area contributed by atoms with Crippen molar-refractivity contribution in [1.82, 2.24) is 0 Å². The first-order chi connectivity index (χ1) is 11.3. The van der Waals surface area contributed by atoms with E-state index in [1.54, 1.807) is 17.4 Å². The fourth-order valence-electron chi connectivity index (χ4n) is 2.01. The lowest BCUT2D eigenvalue weighted by atomic mass is 10.3. The smallest absolute Gasteiger partial charge is 0.129 e. The van der Waals surface area contributed by atoms with Crippen molar-refractivity contribution in [1.29, 1.82) is 0 Å². The molecular weight excluding hydrogens is 358 g/mol. The third-order valence-corrected chi connectivity index (χ3v) is 7.70. The van der Waals surface area contributed by atoms with Gasteiger partial charge in [-0.1, -0.05) is 92.6 Å². The minimum atomic E-state index is -0.587. The highest BCUT2D eigenvalue weighted by Crippen LogP contribution is 2.53. The van der Waals surface area contributed by atoms with Gasteiger partial charge in [-0.25, -0.2) is 0 Å². The van der Waals surface area contributed by atoms with Gasteiger partial charge < -0.3 is 5.11 Å². The molecule has 3 rings (SSSR count). The lowest BCUT2D eigenvalue weighted by Crippen LogP contribution is -2.08. The summed E-state index contributed by atoms with van der Waals surface area (Å²) in [6.07, 6.45) is 0. The molecule has 0 radical (unpaired) electrons. The molecule has 3 aromatic rings. The van der Waals surface area contributed by atoms with Crippen LogP contribution in [0.4, 0.5) is 0 Å². The molecule has 0 aliphatic heterocycles. The van der Waals surface area contributed by atoms with Crippen LogP contribution >= 0.6 is 39.2 Å². The van der Waals surface area contributed by atoms with Crippen molar-refractivity contribution in [3.63, 3.8) is 0 Å². The van der Waals surface area contributed by atoms with E-state index >= 15 is 0 Å². The summed E-state index contributed by atoms with van der Waals surface area (Å²) >= 11 is 5.18. The molecule has 1 N–H and O–H groups in total. The van der Waals surface area contributed by atoms with Crippen molar-refractivity contribution in [2.75, 3.05) is 0 Å². The molecule has 3 aromatic carbocycles. The van der Waals surface area contributed by atoms with Crippen molar-refractivity contribution < 1.29 is 5.11 Å². The number of thiol groups is 1. The summed E-state index contributed by atoms with van der Waals surface area (Å²) in [4.78, 5) is 0.927. The van der Waals surface area contributed by atoms with Gasteiger partial charge in [-0.3, -0.25) is 0 Å². The average molecular weight is 376 g/mol. The Bertz CT molecular complexity index is 669. The summed E-state index contributed by atoms with van der Waals surface area (Å²) in [5, 5.41) is 12.6. The highest BCUT2D eigenvalue weighted by molar-refractivity contribution is 8.60. The molecule has 1 unspecified atom stereocenters. The second kappa shape index (κ2) is 10.0. The van der Waals surface area contributed by atoms with Gasteiger partial charge in [0.2, 0.25) is 0 Å².